The van der Waals surface area contributed by atoms with Crippen molar-refractivity contribution in [3.8, 4) is 0 Å². The molecule has 22 heavy (non-hydrogen) atoms. The van der Waals surface area contributed by atoms with Crippen LogP contribution in [0.15, 0.2) is 30.3 Å². The summed E-state index contributed by atoms with van der Waals surface area (Å²) in [6.45, 7) is 6.45. The van der Waals surface area contributed by atoms with Crippen LogP contribution in [0.2, 0.25) is 0 Å². The van der Waals surface area contributed by atoms with Crippen LogP contribution in [-0.2, 0) is 11.2 Å². The van der Waals surface area contributed by atoms with Gasteiger partial charge in [-0.3, -0.25) is 4.79 Å². The number of aryl methyl sites for hydroxylation is 1. The summed E-state index contributed by atoms with van der Waals surface area (Å²) in [6.07, 6.45) is 4.36. The summed E-state index contributed by atoms with van der Waals surface area (Å²) in [5, 5.41) is 0. The Morgan fingerprint density at radius 1 is 1.32 bits per heavy atom. The van der Waals surface area contributed by atoms with E-state index in [-0.39, 0.29) is 11.8 Å². The quantitative estimate of drug-likeness (QED) is 0.876. The molecule has 1 aromatic carbocycles. The topological polar surface area (TPSA) is 69.1 Å². The number of hydrogen-bond donors (Lipinski definition) is 2. The molecule has 0 bridgehead atoms. The fraction of sp³-hybridized carbons (Fsp3) is 0.632. The van der Waals surface area contributed by atoms with Gasteiger partial charge in [-0.05, 0) is 49.5 Å². The van der Waals surface area contributed by atoms with Crippen molar-refractivity contribution in [2.24, 2.45) is 28.7 Å². The molecule has 3 atom stereocenters. The van der Waals surface area contributed by atoms with E-state index < -0.39 is 11.0 Å². The zero-order valence-electron chi connectivity index (χ0n) is 14.1. The zero-order chi connectivity index (χ0) is 16.4. The van der Waals surface area contributed by atoms with Crippen LogP contribution in [0.5, 0.6) is 0 Å². The van der Waals surface area contributed by atoms with Crippen LogP contribution in [0.25, 0.3) is 0 Å². The Bertz CT molecular complexity index is 513. The highest BCUT2D eigenvalue weighted by Gasteiger charge is 2.56. The highest BCUT2D eigenvalue weighted by Crippen LogP contribution is 2.51. The third-order valence-electron chi connectivity index (χ3n) is 5.82. The molecule has 2 unspecified atom stereocenters. The van der Waals surface area contributed by atoms with Crippen molar-refractivity contribution in [1.82, 2.24) is 0 Å². The normalized spacial score (nSPS) is 32.1. The first-order valence-electron chi connectivity index (χ1n) is 8.44. The van der Waals surface area contributed by atoms with Gasteiger partial charge in [-0.1, -0.05) is 51.1 Å². The average Bonchev–Trinajstić information content (AvgIpc) is 2.49. The molecule has 4 N–H and O–H groups in total. The zero-order valence-corrected chi connectivity index (χ0v) is 14.1. The minimum Gasteiger partial charge on any atom is -0.369 e. The molecule has 3 nitrogen and oxygen atoms in total. The number of carbonyl (C=O) groups is 1. The van der Waals surface area contributed by atoms with Gasteiger partial charge in [-0.25, -0.2) is 0 Å². The fourth-order valence-corrected chi connectivity index (χ4v) is 4.24. The van der Waals surface area contributed by atoms with Gasteiger partial charge in [-0.2, -0.15) is 0 Å². The molecule has 1 aliphatic carbocycles. The molecule has 3 heteroatoms. The van der Waals surface area contributed by atoms with Gasteiger partial charge in [0.25, 0.3) is 0 Å². The second-order valence-corrected chi connectivity index (χ2v) is 7.47. The van der Waals surface area contributed by atoms with E-state index in [1.54, 1.807) is 0 Å². The molecule has 1 saturated carbocycles. The van der Waals surface area contributed by atoms with E-state index in [9.17, 15) is 4.79 Å². The molecular formula is C19H30N2O. The van der Waals surface area contributed by atoms with E-state index in [0.29, 0.717) is 5.92 Å². The number of rotatable bonds is 5. The van der Waals surface area contributed by atoms with Crippen molar-refractivity contribution in [2.45, 2.75) is 58.4 Å². The Kier molecular flexibility index (Phi) is 4.96. The molecule has 2 rings (SSSR count). The highest BCUT2D eigenvalue weighted by molar-refractivity contribution is 5.83. The fourth-order valence-electron chi connectivity index (χ4n) is 4.24. The number of primary amides is 1. The summed E-state index contributed by atoms with van der Waals surface area (Å²) in [5.74, 6) is 0.521. The lowest BCUT2D eigenvalue weighted by Crippen LogP contribution is -2.66. The van der Waals surface area contributed by atoms with E-state index in [4.69, 9.17) is 11.5 Å². The standard InChI is InChI=1S/C19H30N2O/c1-14(2)19(21)12-9-15(3)13-18(19,17(20)22)11-10-16-7-5-4-6-8-16/h4-8,14-15H,9-13,21H2,1-3H3,(H2,20,22)/t15?,18-,19?/m1/s1. The molecule has 0 radical (unpaired) electrons. The summed E-state index contributed by atoms with van der Waals surface area (Å²) in [5.41, 5.74) is 12.9. The van der Waals surface area contributed by atoms with Crippen LogP contribution in [0.4, 0.5) is 0 Å². The minimum absolute atomic E-state index is 0.216. The van der Waals surface area contributed by atoms with Crippen LogP contribution in [-0.4, -0.2) is 11.4 Å². The van der Waals surface area contributed by atoms with Gasteiger partial charge in [0, 0.05) is 5.54 Å². The van der Waals surface area contributed by atoms with Gasteiger partial charge in [0.15, 0.2) is 0 Å². The van der Waals surface area contributed by atoms with Crippen molar-refractivity contribution >= 4 is 5.91 Å². The van der Waals surface area contributed by atoms with E-state index in [2.05, 4.69) is 32.9 Å². The van der Waals surface area contributed by atoms with Gasteiger partial charge in [-0.15, -0.1) is 0 Å². The first-order valence-corrected chi connectivity index (χ1v) is 8.44. The molecule has 0 spiro atoms. The van der Waals surface area contributed by atoms with Gasteiger partial charge in [0.2, 0.25) is 5.91 Å². The van der Waals surface area contributed by atoms with Gasteiger partial charge < -0.3 is 11.5 Å². The summed E-state index contributed by atoms with van der Waals surface area (Å²) < 4.78 is 0. The van der Waals surface area contributed by atoms with Crippen molar-refractivity contribution in [3.05, 3.63) is 35.9 Å². The molecule has 122 valence electrons. The van der Waals surface area contributed by atoms with E-state index in [0.717, 1.165) is 32.1 Å². The Labute approximate surface area is 134 Å². The summed E-state index contributed by atoms with van der Waals surface area (Å²) in [4.78, 5) is 12.5. The Balaban J connectivity index is 2.33. The maximum atomic E-state index is 12.5. The number of benzene rings is 1. The minimum atomic E-state index is -0.603. The Morgan fingerprint density at radius 3 is 2.50 bits per heavy atom. The number of nitrogens with two attached hydrogens (primary N) is 2. The van der Waals surface area contributed by atoms with Crippen LogP contribution in [0, 0.1) is 17.3 Å². The third-order valence-corrected chi connectivity index (χ3v) is 5.82. The third kappa shape index (κ3) is 2.91. The molecule has 0 heterocycles. The molecule has 0 aromatic heterocycles. The predicted molar refractivity (Wildman–Crippen MR) is 91.2 cm³/mol. The first-order chi connectivity index (χ1) is 10.3. The lowest BCUT2D eigenvalue weighted by molar-refractivity contribution is -0.139. The van der Waals surface area contributed by atoms with Gasteiger partial charge in [0.1, 0.15) is 0 Å². The maximum Gasteiger partial charge on any atom is 0.225 e. The summed E-state index contributed by atoms with van der Waals surface area (Å²) >= 11 is 0. The van der Waals surface area contributed by atoms with Crippen molar-refractivity contribution in [3.63, 3.8) is 0 Å². The average molecular weight is 302 g/mol. The van der Waals surface area contributed by atoms with Crippen molar-refractivity contribution in [1.29, 1.82) is 0 Å². The van der Waals surface area contributed by atoms with Crippen LogP contribution in [0.3, 0.4) is 0 Å². The monoisotopic (exact) mass is 302 g/mol. The highest BCUT2D eigenvalue weighted by atomic mass is 16.1. The molecule has 1 fully saturated rings. The maximum absolute atomic E-state index is 12.5. The van der Waals surface area contributed by atoms with E-state index in [1.165, 1.54) is 5.56 Å². The Morgan fingerprint density at radius 2 is 1.95 bits per heavy atom. The lowest BCUT2D eigenvalue weighted by Gasteiger charge is -2.54. The van der Waals surface area contributed by atoms with Crippen LogP contribution >= 0.6 is 0 Å². The molecule has 0 saturated heterocycles. The van der Waals surface area contributed by atoms with Gasteiger partial charge in [0.05, 0.1) is 5.41 Å². The molecule has 1 aromatic rings. The molecule has 1 amide bonds. The summed E-state index contributed by atoms with van der Waals surface area (Å²) in [6, 6.07) is 10.3. The van der Waals surface area contributed by atoms with Crippen LogP contribution < -0.4 is 11.5 Å². The second kappa shape index (κ2) is 6.41. The lowest BCUT2D eigenvalue weighted by atomic mass is 9.53. The first kappa shape index (κ1) is 17.0. The Hall–Kier alpha value is -1.35. The largest absolute Gasteiger partial charge is 0.369 e. The summed E-state index contributed by atoms with van der Waals surface area (Å²) in [7, 11) is 0. The van der Waals surface area contributed by atoms with Crippen molar-refractivity contribution in [2.75, 3.05) is 0 Å². The van der Waals surface area contributed by atoms with Crippen LogP contribution in [0.1, 0.15) is 52.0 Å². The molecule has 1 aliphatic rings. The molecule has 0 aliphatic heterocycles. The number of hydrogen-bond acceptors (Lipinski definition) is 2. The van der Waals surface area contributed by atoms with Gasteiger partial charge >= 0.3 is 0 Å². The molecular weight excluding hydrogens is 272 g/mol. The van der Waals surface area contributed by atoms with E-state index in [1.807, 2.05) is 18.2 Å². The smallest absolute Gasteiger partial charge is 0.225 e. The van der Waals surface area contributed by atoms with E-state index >= 15 is 0 Å². The number of amides is 1. The second-order valence-electron chi connectivity index (χ2n) is 7.47. The number of carbonyl (C=O) groups excluding carboxylic acids is 1. The SMILES string of the molecule is CC1CCC(N)(C(C)C)[C@@](CCc2ccccc2)(C(N)=O)C1. The predicted octanol–water partition coefficient (Wildman–Crippen LogP) is 3.26. The van der Waals surface area contributed by atoms with Crippen molar-refractivity contribution < 1.29 is 4.79 Å².